The number of ether oxygens (including phenoxy) is 1. The van der Waals surface area contributed by atoms with E-state index in [1.54, 1.807) is 12.1 Å². The average Bonchev–Trinajstić information content (AvgIpc) is 2.38. The van der Waals surface area contributed by atoms with Gasteiger partial charge in [-0.05, 0) is 30.7 Å². The van der Waals surface area contributed by atoms with E-state index in [4.69, 9.17) is 4.74 Å². The van der Waals surface area contributed by atoms with Crippen molar-refractivity contribution in [1.82, 2.24) is 0 Å². The molecule has 0 aliphatic heterocycles. The Hall–Kier alpha value is -1.94. The average molecular weight is 264 g/mol. The maximum atomic E-state index is 14.2. The minimum atomic E-state index is -1.64. The molecule has 1 N–H and O–H groups in total. The predicted molar refractivity (Wildman–Crippen MR) is 68.0 cm³/mol. The highest BCUT2D eigenvalue weighted by molar-refractivity contribution is 5.40. The second kappa shape index (κ2) is 4.97. The van der Waals surface area contributed by atoms with Crippen LogP contribution in [0.15, 0.2) is 42.5 Å². The van der Waals surface area contributed by atoms with Crippen LogP contribution >= 0.6 is 0 Å². The lowest BCUT2D eigenvalue weighted by atomic mass is 9.87. The van der Waals surface area contributed by atoms with Crippen molar-refractivity contribution >= 4 is 0 Å². The quantitative estimate of drug-likeness (QED) is 0.922. The van der Waals surface area contributed by atoms with Crippen molar-refractivity contribution in [3.8, 4) is 5.75 Å². The molecule has 0 fully saturated rings. The molecule has 2 aromatic rings. The molecule has 0 spiro atoms. The fraction of sp³-hybridized carbons (Fsp3) is 0.200. The highest BCUT2D eigenvalue weighted by Gasteiger charge is 2.30. The molecule has 0 saturated heterocycles. The summed E-state index contributed by atoms with van der Waals surface area (Å²) in [5.41, 5.74) is -1.32. The van der Waals surface area contributed by atoms with Crippen molar-refractivity contribution in [2.24, 2.45) is 0 Å². The minimum Gasteiger partial charge on any atom is -0.494 e. The number of aliphatic hydroxyl groups is 1. The summed E-state index contributed by atoms with van der Waals surface area (Å²) in [5, 5.41) is 10.5. The van der Waals surface area contributed by atoms with E-state index in [9.17, 15) is 13.9 Å². The molecular formula is C15H14F2O2. The molecule has 2 aromatic carbocycles. The SMILES string of the molecule is COc1cccc(C(C)(O)c2cccc(F)c2)c1F. The number of halogens is 2. The van der Waals surface area contributed by atoms with Gasteiger partial charge in [0.25, 0.3) is 0 Å². The smallest absolute Gasteiger partial charge is 0.171 e. The van der Waals surface area contributed by atoms with Crippen LogP contribution in [0.1, 0.15) is 18.1 Å². The Bertz CT molecular complexity index is 594. The molecule has 1 unspecified atom stereocenters. The van der Waals surface area contributed by atoms with E-state index in [0.717, 1.165) is 0 Å². The maximum absolute atomic E-state index is 14.2. The third kappa shape index (κ3) is 2.44. The van der Waals surface area contributed by atoms with Crippen molar-refractivity contribution in [3.05, 3.63) is 65.2 Å². The summed E-state index contributed by atoms with van der Waals surface area (Å²) in [4.78, 5) is 0. The van der Waals surface area contributed by atoms with Gasteiger partial charge in [-0.3, -0.25) is 0 Å². The van der Waals surface area contributed by atoms with E-state index in [1.165, 1.54) is 44.4 Å². The van der Waals surface area contributed by atoms with Crippen LogP contribution in [-0.2, 0) is 5.60 Å². The van der Waals surface area contributed by atoms with Gasteiger partial charge in [0.15, 0.2) is 11.6 Å². The van der Waals surface area contributed by atoms with E-state index in [1.807, 2.05) is 0 Å². The Kier molecular flexibility index (Phi) is 3.53. The van der Waals surface area contributed by atoms with E-state index < -0.39 is 17.2 Å². The van der Waals surface area contributed by atoms with Gasteiger partial charge in [-0.1, -0.05) is 24.3 Å². The normalized spacial score (nSPS) is 13.9. The summed E-state index contributed by atoms with van der Waals surface area (Å²) in [5.74, 6) is -1.10. The number of hydrogen-bond donors (Lipinski definition) is 1. The van der Waals surface area contributed by atoms with Gasteiger partial charge in [0, 0.05) is 5.56 Å². The minimum absolute atomic E-state index is 0.0363. The van der Waals surface area contributed by atoms with Gasteiger partial charge in [-0.2, -0.15) is 0 Å². The molecule has 2 nitrogen and oxygen atoms in total. The van der Waals surface area contributed by atoms with E-state index in [2.05, 4.69) is 0 Å². The fourth-order valence-electron chi connectivity index (χ4n) is 1.99. The second-order valence-electron chi connectivity index (χ2n) is 4.40. The Morgan fingerprint density at radius 1 is 1.11 bits per heavy atom. The highest BCUT2D eigenvalue weighted by atomic mass is 19.1. The molecule has 0 amide bonds. The van der Waals surface area contributed by atoms with Crippen LogP contribution in [0, 0.1) is 11.6 Å². The number of methoxy groups -OCH3 is 1. The molecular weight excluding hydrogens is 250 g/mol. The Morgan fingerprint density at radius 2 is 1.79 bits per heavy atom. The van der Waals surface area contributed by atoms with Crippen molar-refractivity contribution < 1.29 is 18.6 Å². The lowest BCUT2D eigenvalue weighted by Crippen LogP contribution is -2.24. The molecule has 4 heteroatoms. The Morgan fingerprint density at radius 3 is 2.42 bits per heavy atom. The molecule has 0 bridgehead atoms. The monoisotopic (exact) mass is 264 g/mol. The number of hydrogen-bond acceptors (Lipinski definition) is 2. The Labute approximate surface area is 110 Å². The van der Waals surface area contributed by atoms with Gasteiger partial charge < -0.3 is 9.84 Å². The van der Waals surface area contributed by atoms with Gasteiger partial charge in [0.2, 0.25) is 0 Å². The van der Waals surface area contributed by atoms with Crippen molar-refractivity contribution in [2.45, 2.75) is 12.5 Å². The zero-order valence-corrected chi connectivity index (χ0v) is 10.7. The first-order valence-electron chi connectivity index (χ1n) is 5.78. The molecule has 2 rings (SSSR count). The topological polar surface area (TPSA) is 29.5 Å². The van der Waals surface area contributed by atoms with Crippen LogP contribution in [0.2, 0.25) is 0 Å². The summed E-state index contributed by atoms with van der Waals surface area (Å²) >= 11 is 0. The maximum Gasteiger partial charge on any atom is 0.171 e. The molecule has 0 heterocycles. The van der Waals surface area contributed by atoms with Crippen LogP contribution < -0.4 is 4.74 Å². The van der Waals surface area contributed by atoms with Crippen LogP contribution in [0.3, 0.4) is 0 Å². The molecule has 1 atom stereocenters. The fourth-order valence-corrected chi connectivity index (χ4v) is 1.99. The van der Waals surface area contributed by atoms with Gasteiger partial charge in [-0.15, -0.1) is 0 Å². The first-order chi connectivity index (χ1) is 8.96. The summed E-state index contributed by atoms with van der Waals surface area (Å²) in [6.45, 7) is 1.42. The highest BCUT2D eigenvalue weighted by Crippen LogP contribution is 2.34. The summed E-state index contributed by atoms with van der Waals surface area (Å²) in [7, 11) is 1.35. The van der Waals surface area contributed by atoms with Crippen molar-refractivity contribution in [2.75, 3.05) is 7.11 Å². The molecule has 19 heavy (non-hydrogen) atoms. The zero-order chi connectivity index (χ0) is 14.0. The van der Waals surface area contributed by atoms with Crippen molar-refractivity contribution in [1.29, 1.82) is 0 Å². The lowest BCUT2D eigenvalue weighted by molar-refractivity contribution is 0.0969. The van der Waals surface area contributed by atoms with Crippen molar-refractivity contribution in [3.63, 3.8) is 0 Å². The Balaban J connectivity index is 2.56. The zero-order valence-electron chi connectivity index (χ0n) is 10.7. The van der Waals surface area contributed by atoms with Gasteiger partial charge >= 0.3 is 0 Å². The largest absolute Gasteiger partial charge is 0.494 e. The van der Waals surface area contributed by atoms with Crippen LogP contribution in [0.25, 0.3) is 0 Å². The van der Waals surface area contributed by atoms with Crippen LogP contribution in [0.5, 0.6) is 5.75 Å². The van der Waals surface area contributed by atoms with Crippen LogP contribution in [-0.4, -0.2) is 12.2 Å². The van der Waals surface area contributed by atoms with Crippen LogP contribution in [0.4, 0.5) is 8.78 Å². The second-order valence-corrected chi connectivity index (χ2v) is 4.40. The first kappa shape index (κ1) is 13.5. The van der Waals surface area contributed by atoms with E-state index >= 15 is 0 Å². The molecule has 0 radical (unpaired) electrons. The van der Waals surface area contributed by atoms with E-state index in [-0.39, 0.29) is 16.9 Å². The molecule has 0 aliphatic rings. The lowest BCUT2D eigenvalue weighted by Gasteiger charge is -2.25. The number of benzene rings is 2. The standard InChI is InChI=1S/C15H14F2O2/c1-15(18,10-5-3-6-11(16)9-10)12-7-4-8-13(19-2)14(12)17/h3-9,18H,1-2H3. The van der Waals surface area contributed by atoms with E-state index in [0.29, 0.717) is 0 Å². The summed E-state index contributed by atoms with van der Waals surface area (Å²) in [6, 6.07) is 9.94. The van der Waals surface area contributed by atoms with Gasteiger partial charge in [0.05, 0.1) is 7.11 Å². The van der Waals surface area contributed by atoms with Gasteiger partial charge in [0.1, 0.15) is 11.4 Å². The van der Waals surface area contributed by atoms with Gasteiger partial charge in [-0.25, -0.2) is 8.78 Å². The first-order valence-corrected chi connectivity index (χ1v) is 5.78. The third-order valence-electron chi connectivity index (χ3n) is 3.09. The molecule has 100 valence electrons. The summed E-state index contributed by atoms with van der Waals surface area (Å²) in [6.07, 6.45) is 0. The summed E-state index contributed by atoms with van der Waals surface area (Å²) < 4.78 is 32.3. The third-order valence-corrected chi connectivity index (χ3v) is 3.09. The number of rotatable bonds is 3. The predicted octanol–water partition coefficient (Wildman–Crippen LogP) is 3.23. The molecule has 0 aliphatic carbocycles. The molecule has 0 aromatic heterocycles. The molecule has 0 saturated carbocycles.